The molecule has 0 bridgehead atoms. The minimum Gasteiger partial charge on any atom is -0.461 e. The van der Waals surface area contributed by atoms with Crippen molar-refractivity contribution in [2.75, 3.05) is 6.61 Å². The molecule has 1 aromatic rings. The number of hydrogen-bond donors (Lipinski definition) is 1. The number of carbonyl (C=O) groups excluding carboxylic acids is 1. The molecule has 1 heterocycles. The van der Waals surface area contributed by atoms with Gasteiger partial charge in [-0.2, -0.15) is 0 Å². The Kier molecular flexibility index (Phi) is 3.78. The molecule has 0 atom stereocenters. The van der Waals surface area contributed by atoms with Crippen LogP contribution >= 0.6 is 38.5 Å². The lowest BCUT2D eigenvalue weighted by molar-refractivity contribution is 0.0519. The van der Waals surface area contributed by atoms with Crippen LogP contribution in [0.2, 0.25) is 0 Å². The predicted molar refractivity (Wildman–Crippen MR) is 61.9 cm³/mol. The number of carbonyl (C=O) groups is 1. The SMILES string of the molecule is CCOC(=O)c1[nH]c(C)c(Br)c1I. The third-order valence-corrected chi connectivity index (χ3v) is 4.34. The number of aryl methyl sites for hydroxylation is 1. The first-order valence-electron chi connectivity index (χ1n) is 3.78. The van der Waals surface area contributed by atoms with Gasteiger partial charge in [0.15, 0.2) is 0 Å². The van der Waals surface area contributed by atoms with Crippen LogP contribution in [0.4, 0.5) is 0 Å². The molecule has 1 aromatic heterocycles. The van der Waals surface area contributed by atoms with Crippen LogP contribution in [0.25, 0.3) is 0 Å². The zero-order valence-electron chi connectivity index (χ0n) is 7.28. The average molecular weight is 358 g/mol. The lowest BCUT2D eigenvalue weighted by Crippen LogP contribution is -2.06. The van der Waals surface area contributed by atoms with Crippen LogP contribution in [-0.4, -0.2) is 17.6 Å². The number of esters is 1. The van der Waals surface area contributed by atoms with Gasteiger partial charge in [-0.1, -0.05) is 0 Å². The first-order valence-corrected chi connectivity index (χ1v) is 5.65. The Morgan fingerprint density at radius 1 is 1.69 bits per heavy atom. The summed E-state index contributed by atoms with van der Waals surface area (Å²) in [6.07, 6.45) is 0. The summed E-state index contributed by atoms with van der Waals surface area (Å²) in [5, 5.41) is 0. The highest BCUT2D eigenvalue weighted by Gasteiger charge is 2.17. The first kappa shape index (κ1) is 11.0. The van der Waals surface area contributed by atoms with Crippen LogP contribution in [0.3, 0.4) is 0 Å². The van der Waals surface area contributed by atoms with Crippen molar-refractivity contribution in [1.29, 1.82) is 0 Å². The number of hydrogen-bond acceptors (Lipinski definition) is 2. The van der Waals surface area contributed by atoms with Crippen LogP contribution in [0.15, 0.2) is 4.47 Å². The molecular formula is C8H9BrINO2. The van der Waals surface area contributed by atoms with E-state index in [0.717, 1.165) is 13.7 Å². The van der Waals surface area contributed by atoms with Gasteiger partial charge in [-0.15, -0.1) is 0 Å². The maximum Gasteiger partial charge on any atom is 0.355 e. The summed E-state index contributed by atoms with van der Waals surface area (Å²) in [6, 6.07) is 0. The predicted octanol–water partition coefficient (Wildman–Crippen LogP) is 2.87. The Labute approximate surface area is 98.5 Å². The summed E-state index contributed by atoms with van der Waals surface area (Å²) in [6.45, 7) is 4.08. The van der Waals surface area contributed by atoms with Crippen LogP contribution in [0, 0.1) is 10.5 Å². The number of rotatable bonds is 2. The lowest BCUT2D eigenvalue weighted by atomic mass is 10.4. The Hall–Kier alpha value is -0.0400. The molecule has 0 saturated heterocycles. The molecule has 3 nitrogen and oxygen atoms in total. The Morgan fingerprint density at radius 3 is 2.69 bits per heavy atom. The van der Waals surface area contributed by atoms with Crippen molar-refractivity contribution < 1.29 is 9.53 Å². The normalized spacial score (nSPS) is 10.2. The molecule has 0 aromatic carbocycles. The van der Waals surface area contributed by atoms with E-state index >= 15 is 0 Å². The maximum absolute atomic E-state index is 11.4. The van der Waals surface area contributed by atoms with E-state index in [1.54, 1.807) is 6.92 Å². The molecule has 72 valence electrons. The van der Waals surface area contributed by atoms with Gasteiger partial charge < -0.3 is 9.72 Å². The van der Waals surface area contributed by atoms with Gasteiger partial charge in [0, 0.05) is 5.69 Å². The van der Waals surface area contributed by atoms with Gasteiger partial charge in [0.05, 0.1) is 14.6 Å². The summed E-state index contributed by atoms with van der Waals surface area (Å²) >= 11 is 5.47. The molecule has 1 N–H and O–H groups in total. The number of H-pyrrole nitrogens is 1. The Morgan fingerprint density at radius 2 is 2.31 bits per heavy atom. The molecule has 5 heteroatoms. The molecule has 0 fully saturated rings. The molecule has 0 spiro atoms. The van der Waals surface area contributed by atoms with Gasteiger partial charge in [-0.05, 0) is 52.4 Å². The maximum atomic E-state index is 11.4. The summed E-state index contributed by atoms with van der Waals surface area (Å²) in [7, 11) is 0. The number of aromatic amines is 1. The second kappa shape index (κ2) is 4.45. The van der Waals surface area contributed by atoms with Crippen LogP contribution in [0.1, 0.15) is 23.1 Å². The lowest BCUT2D eigenvalue weighted by Gasteiger charge is -1.98. The molecule has 0 saturated carbocycles. The topological polar surface area (TPSA) is 42.1 Å². The number of halogens is 2. The third-order valence-electron chi connectivity index (χ3n) is 1.53. The smallest absolute Gasteiger partial charge is 0.355 e. The Balaban J connectivity index is 3.01. The van der Waals surface area contributed by atoms with E-state index in [1.165, 1.54) is 0 Å². The van der Waals surface area contributed by atoms with E-state index in [4.69, 9.17) is 4.74 Å². The molecule has 13 heavy (non-hydrogen) atoms. The minimum atomic E-state index is -0.305. The molecule has 0 radical (unpaired) electrons. The zero-order valence-corrected chi connectivity index (χ0v) is 11.0. The van der Waals surface area contributed by atoms with E-state index in [-0.39, 0.29) is 5.97 Å². The molecule has 0 aliphatic heterocycles. The fraction of sp³-hybridized carbons (Fsp3) is 0.375. The van der Waals surface area contributed by atoms with E-state index in [2.05, 4.69) is 43.5 Å². The van der Waals surface area contributed by atoms with Crippen molar-refractivity contribution in [3.05, 3.63) is 19.4 Å². The van der Waals surface area contributed by atoms with Crippen molar-refractivity contribution in [2.24, 2.45) is 0 Å². The Bertz CT molecular complexity index is 335. The highest BCUT2D eigenvalue weighted by Crippen LogP contribution is 2.26. The van der Waals surface area contributed by atoms with E-state index < -0.39 is 0 Å². The van der Waals surface area contributed by atoms with Crippen molar-refractivity contribution >= 4 is 44.5 Å². The molecule has 0 amide bonds. The van der Waals surface area contributed by atoms with Crippen molar-refractivity contribution in [3.8, 4) is 0 Å². The summed E-state index contributed by atoms with van der Waals surface area (Å²) < 4.78 is 6.68. The van der Waals surface area contributed by atoms with Crippen LogP contribution in [-0.2, 0) is 4.74 Å². The van der Waals surface area contributed by atoms with Gasteiger partial charge in [-0.25, -0.2) is 4.79 Å². The van der Waals surface area contributed by atoms with Crippen molar-refractivity contribution in [2.45, 2.75) is 13.8 Å². The zero-order chi connectivity index (χ0) is 10.0. The van der Waals surface area contributed by atoms with E-state index in [0.29, 0.717) is 12.3 Å². The third kappa shape index (κ3) is 2.25. The van der Waals surface area contributed by atoms with Gasteiger partial charge in [-0.3, -0.25) is 0 Å². The molecule has 0 aliphatic rings. The summed E-state index contributed by atoms with van der Waals surface area (Å²) in [5.74, 6) is -0.305. The van der Waals surface area contributed by atoms with Gasteiger partial charge >= 0.3 is 5.97 Å². The van der Waals surface area contributed by atoms with E-state index in [9.17, 15) is 4.79 Å². The number of aromatic nitrogens is 1. The highest BCUT2D eigenvalue weighted by molar-refractivity contribution is 14.1. The van der Waals surface area contributed by atoms with Crippen molar-refractivity contribution in [1.82, 2.24) is 4.98 Å². The molecular weight excluding hydrogens is 349 g/mol. The molecule has 0 aliphatic carbocycles. The van der Waals surface area contributed by atoms with Gasteiger partial charge in [0.1, 0.15) is 5.69 Å². The second-order valence-electron chi connectivity index (χ2n) is 2.47. The second-order valence-corrected chi connectivity index (χ2v) is 4.35. The fourth-order valence-corrected chi connectivity index (χ4v) is 1.97. The minimum absolute atomic E-state index is 0.305. The monoisotopic (exact) mass is 357 g/mol. The molecule has 0 unspecified atom stereocenters. The largest absolute Gasteiger partial charge is 0.461 e. The van der Waals surface area contributed by atoms with Crippen molar-refractivity contribution in [3.63, 3.8) is 0 Å². The fourth-order valence-electron chi connectivity index (χ4n) is 0.916. The standard InChI is InChI=1S/C8H9BrINO2/c1-3-13-8(12)7-6(10)5(9)4(2)11-7/h11H,3H2,1-2H3. The summed E-state index contributed by atoms with van der Waals surface area (Å²) in [4.78, 5) is 14.3. The molecule has 1 rings (SSSR count). The van der Waals surface area contributed by atoms with Gasteiger partial charge in [0.2, 0.25) is 0 Å². The van der Waals surface area contributed by atoms with Crippen LogP contribution in [0.5, 0.6) is 0 Å². The average Bonchev–Trinajstić information content (AvgIpc) is 2.33. The first-order chi connectivity index (χ1) is 6.07. The van der Waals surface area contributed by atoms with Gasteiger partial charge in [0.25, 0.3) is 0 Å². The summed E-state index contributed by atoms with van der Waals surface area (Å²) in [5.41, 5.74) is 1.46. The van der Waals surface area contributed by atoms with Crippen LogP contribution < -0.4 is 0 Å². The number of ether oxygens (including phenoxy) is 1. The van der Waals surface area contributed by atoms with E-state index in [1.807, 2.05) is 6.92 Å². The number of nitrogens with one attached hydrogen (secondary N) is 1. The quantitative estimate of drug-likeness (QED) is 0.653. The highest BCUT2D eigenvalue weighted by atomic mass is 127.